The average Bonchev–Trinajstić information content (AvgIpc) is 3.44. The monoisotopic (exact) mass is 483 g/mol. The van der Waals surface area contributed by atoms with Gasteiger partial charge in [-0.2, -0.15) is 5.10 Å². The highest BCUT2D eigenvalue weighted by Gasteiger charge is 2.42. The molecule has 1 aliphatic rings. The van der Waals surface area contributed by atoms with Crippen LogP contribution in [-0.4, -0.2) is 26.1 Å². The Morgan fingerprint density at radius 1 is 1.20 bits per heavy atom. The molecule has 0 aliphatic carbocycles. The van der Waals surface area contributed by atoms with E-state index in [1.54, 1.807) is 29.4 Å². The van der Waals surface area contributed by atoms with Crippen LogP contribution in [-0.2, 0) is 6.54 Å². The van der Waals surface area contributed by atoms with Crippen molar-refractivity contribution in [1.82, 2.24) is 15.1 Å². The van der Waals surface area contributed by atoms with Gasteiger partial charge in [-0.15, -0.1) is 0 Å². The highest BCUT2D eigenvalue weighted by atomic mass is 79.9. The van der Waals surface area contributed by atoms with Gasteiger partial charge in [0.1, 0.15) is 22.9 Å². The minimum absolute atomic E-state index is 0.0404. The molecule has 4 aromatic rings. The molecule has 2 N–H and O–H groups in total. The first-order valence-electron chi connectivity index (χ1n) is 9.19. The lowest BCUT2D eigenvalue weighted by Crippen LogP contribution is -2.29. The standard InChI is InChI=1S/C22H15BrClN3O3/c23-13-4-1-3-12(9-13)21-18-19(16-10-14(24)6-7-17(16)28)25-26-20(18)22(29)27(21)11-15-5-2-8-30-15/h1-10,21,28H,11H2,(H,25,26). The van der Waals surface area contributed by atoms with Crippen LogP contribution in [0.15, 0.2) is 69.8 Å². The Bertz CT molecular complexity index is 1250. The summed E-state index contributed by atoms with van der Waals surface area (Å²) >= 11 is 9.68. The molecule has 0 fully saturated rings. The Hall–Kier alpha value is -3.03. The van der Waals surface area contributed by atoms with Crippen molar-refractivity contribution >= 4 is 33.4 Å². The Labute approximate surface area is 185 Å². The van der Waals surface area contributed by atoms with Gasteiger partial charge in [0.15, 0.2) is 0 Å². The van der Waals surface area contributed by atoms with Gasteiger partial charge in [0, 0.05) is 20.6 Å². The number of aromatic amines is 1. The zero-order valence-corrected chi connectivity index (χ0v) is 17.8. The fraction of sp³-hybridized carbons (Fsp3) is 0.0909. The fourth-order valence-corrected chi connectivity index (χ4v) is 4.45. The number of nitrogens with one attached hydrogen (secondary N) is 1. The second kappa shape index (κ2) is 7.34. The fourth-order valence-electron chi connectivity index (χ4n) is 3.86. The predicted molar refractivity (Wildman–Crippen MR) is 115 cm³/mol. The minimum atomic E-state index is -0.415. The molecule has 0 radical (unpaired) electrons. The smallest absolute Gasteiger partial charge is 0.273 e. The average molecular weight is 485 g/mol. The third-order valence-corrected chi connectivity index (χ3v) is 5.88. The number of rotatable bonds is 4. The molecular formula is C22H15BrClN3O3. The molecule has 3 heterocycles. The second-order valence-corrected chi connectivity index (χ2v) is 8.34. The van der Waals surface area contributed by atoms with Gasteiger partial charge in [-0.3, -0.25) is 9.89 Å². The number of nitrogens with zero attached hydrogens (tertiary/aromatic N) is 2. The molecule has 30 heavy (non-hydrogen) atoms. The SMILES string of the molecule is O=C1c2[nH]nc(-c3cc(Cl)ccc3O)c2C(c2cccc(Br)c2)N1Cc1ccco1. The number of hydrogen-bond donors (Lipinski definition) is 2. The number of phenols is 1. The van der Waals surface area contributed by atoms with Crippen LogP contribution in [0.3, 0.4) is 0 Å². The summed E-state index contributed by atoms with van der Waals surface area (Å²) in [5.41, 5.74) is 2.95. The largest absolute Gasteiger partial charge is 0.507 e. The summed E-state index contributed by atoms with van der Waals surface area (Å²) in [6.07, 6.45) is 1.58. The van der Waals surface area contributed by atoms with E-state index < -0.39 is 6.04 Å². The summed E-state index contributed by atoms with van der Waals surface area (Å²) in [5.74, 6) is 0.527. The number of fused-ring (bicyclic) bond motifs is 1. The van der Waals surface area contributed by atoms with Crippen molar-refractivity contribution < 1.29 is 14.3 Å². The minimum Gasteiger partial charge on any atom is -0.507 e. The van der Waals surface area contributed by atoms with Gasteiger partial charge in [0.05, 0.1) is 18.8 Å². The van der Waals surface area contributed by atoms with Crippen LogP contribution >= 0.6 is 27.5 Å². The molecule has 1 atom stereocenters. The molecule has 0 spiro atoms. The van der Waals surface area contributed by atoms with Gasteiger partial charge in [-0.25, -0.2) is 0 Å². The van der Waals surface area contributed by atoms with Crippen molar-refractivity contribution in [2.24, 2.45) is 0 Å². The van der Waals surface area contributed by atoms with E-state index in [0.29, 0.717) is 39.8 Å². The zero-order valence-electron chi connectivity index (χ0n) is 15.5. The molecular weight excluding hydrogens is 470 g/mol. The van der Waals surface area contributed by atoms with Gasteiger partial charge >= 0.3 is 0 Å². The first kappa shape index (κ1) is 19.0. The molecule has 1 aliphatic heterocycles. The van der Waals surface area contributed by atoms with Gasteiger partial charge in [-0.1, -0.05) is 39.7 Å². The zero-order chi connectivity index (χ0) is 20.8. The van der Waals surface area contributed by atoms with Crippen LogP contribution in [0.1, 0.15) is 33.4 Å². The van der Waals surface area contributed by atoms with E-state index in [2.05, 4.69) is 26.1 Å². The number of hydrogen-bond acceptors (Lipinski definition) is 4. The number of furan rings is 1. The highest BCUT2D eigenvalue weighted by Crippen LogP contribution is 2.45. The molecule has 0 saturated heterocycles. The number of carbonyl (C=O) groups is 1. The van der Waals surface area contributed by atoms with E-state index >= 15 is 0 Å². The lowest BCUT2D eigenvalue weighted by atomic mass is 9.95. The van der Waals surface area contributed by atoms with Crippen molar-refractivity contribution in [2.75, 3.05) is 0 Å². The van der Waals surface area contributed by atoms with Crippen LogP contribution in [0, 0.1) is 0 Å². The van der Waals surface area contributed by atoms with Crippen LogP contribution in [0.4, 0.5) is 0 Å². The van der Waals surface area contributed by atoms with E-state index in [-0.39, 0.29) is 11.7 Å². The Kier molecular flexibility index (Phi) is 4.64. The van der Waals surface area contributed by atoms with Crippen LogP contribution in [0.2, 0.25) is 5.02 Å². The molecule has 1 amide bonds. The third kappa shape index (κ3) is 3.11. The van der Waals surface area contributed by atoms with Crippen LogP contribution < -0.4 is 0 Å². The molecule has 2 aromatic carbocycles. The summed E-state index contributed by atoms with van der Waals surface area (Å²) < 4.78 is 6.39. The number of amides is 1. The van der Waals surface area contributed by atoms with Crippen molar-refractivity contribution in [3.63, 3.8) is 0 Å². The number of aromatic nitrogens is 2. The molecule has 0 saturated carbocycles. The Morgan fingerprint density at radius 3 is 2.83 bits per heavy atom. The van der Waals surface area contributed by atoms with Crippen LogP contribution in [0.25, 0.3) is 11.3 Å². The summed E-state index contributed by atoms with van der Waals surface area (Å²) in [4.78, 5) is 15.0. The maximum Gasteiger partial charge on any atom is 0.273 e. The number of benzene rings is 2. The van der Waals surface area contributed by atoms with E-state index in [0.717, 1.165) is 10.0 Å². The van der Waals surface area contributed by atoms with Crippen molar-refractivity contribution in [2.45, 2.75) is 12.6 Å². The normalized spacial score (nSPS) is 15.6. The van der Waals surface area contributed by atoms with Gasteiger partial charge in [-0.05, 0) is 48.0 Å². The van der Waals surface area contributed by atoms with Gasteiger partial charge in [0.25, 0.3) is 5.91 Å². The second-order valence-electron chi connectivity index (χ2n) is 6.99. The molecule has 2 aromatic heterocycles. The summed E-state index contributed by atoms with van der Waals surface area (Å²) in [6, 6.07) is 15.8. The lowest BCUT2D eigenvalue weighted by molar-refractivity contribution is 0.0717. The Balaban J connectivity index is 1.70. The van der Waals surface area contributed by atoms with Crippen molar-refractivity contribution in [3.05, 3.63) is 92.9 Å². The summed E-state index contributed by atoms with van der Waals surface area (Å²) in [7, 11) is 0. The van der Waals surface area contributed by atoms with Gasteiger partial charge in [0.2, 0.25) is 0 Å². The van der Waals surface area contributed by atoms with Gasteiger partial charge < -0.3 is 14.4 Å². The van der Waals surface area contributed by atoms with E-state index in [1.165, 1.54) is 6.07 Å². The highest BCUT2D eigenvalue weighted by molar-refractivity contribution is 9.10. The molecule has 150 valence electrons. The molecule has 6 nitrogen and oxygen atoms in total. The first-order chi connectivity index (χ1) is 14.5. The first-order valence-corrected chi connectivity index (χ1v) is 10.4. The van der Waals surface area contributed by atoms with E-state index in [9.17, 15) is 9.90 Å². The maximum atomic E-state index is 13.3. The molecule has 1 unspecified atom stereocenters. The lowest BCUT2D eigenvalue weighted by Gasteiger charge is -2.25. The predicted octanol–water partition coefficient (Wildman–Crippen LogP) is 5.54. The molecule has 5 rings (SSSR count). The van der Waals surface area contributed by atoms with Crippen LogP contribution in [0.5, 0.6) is 5.75 Å². The van der Waals surface area contributed by atoms with Crippen molar-refractivity contribution in [1.29, 1.82) is 0 Å². The molecule has 8 heteroatoms. The quantitative estimate of drug-likeness (QED) is 0.399. The maximum absolute atomic E-state index is 13.3. The summed E-state index contributed by atoms with van der Waals surface area (Å²) in [5, 5.41) is 18.1. The van der Waals surface area contributed by atoms with E-state index in [4.69, 9.17) is 16.0 Å². The number of halogens is 2. The molecule has 0 bridgehead atoms. The number of phenolic OH excluding ortho intramolecular Hbond substituents is 1. The number of aromatic hydroxyl groups is 1. The topological polar surface area (TPSA) is 82.4 Å². The number of H-pyrrole nitrogens is 1. The Morgan fingerprint density at radius 2 is 2.07 bits per heavy atom. The summed E-state index contributed by atoms with van der Waals surface area (Å²) in [6.45, 7) is 0.298. The third-order valence-electron chi connectivity index (χ3n) is 5.15. The van der Waals surface area contributed by atoms with E-state index in [1.807, 2.05) is 30.3 Å². The van der Waals surface area contributed by atoms with Crippen molar-refractivity contribution in [3.8, 4) is 17.0 Å². The number of carbonyl (C=O) groups excluding carboxylic acids is 1.